The van der Waals surface area contributed by atoms with Crippen LogP contribution in [0.15, 0.2) is 36.4 Å². The van der Waals surface area contributed by atoms with E-state index in [1.54, 1.807) is 6.07 Å². The van der Waals surface area contributed by atoms with Crippen LogP contribution in [0.5, 0.6) is 11.5 Å². The molecule has 0 aliphatic carbocycles. The lowest BCUT2D eigenvalue weighted by molar-refractivity contribution is -0.119. The molecule has 0 aromatic heterocycles. The number of ether oxygens (including phenoxy) is 5. The maximum atomic E-state index is 12.3. The molecule has 10 nitrogen and oxygen atoms in total. The molecule has 0 saturated heterocycles. The second-order valence-electron chi connectivity index (χ2n) is 6.23. The summed E-state index contributed by atoms with van der Waals surface area (Å²) in [6.07, 6.45) is 0. The number of rotatable bonds is 6. The molecular weight excluding hydrogens is 410 g/mol. The number of methoxy groups -OCH3 is 2. The van der Waals surface area contributed by atoms with Crippen LogP contribution in [0.1, 0.15) is 31.1 Å². The van der Waals surface area contributed by atoms with Crippen LogP contribution in [0.4, 0.5) is 5.69 Å². The van der Waals surface area contributed by atoms with Gasteiger partial charge in [-0.1, -0.05) is 0 Å². The van der Waals surface area contributed by atoms with Gasteiger partial charge in [0.2, 0.25) is 0 Å². The van der Waals surface area contributed by atoms with E-state index in [0.717, 1.165) is 0 Å². The highest BCUT2D eigenvalue weighted by atomic mass is 16.6. The molecule has 0 atom stereocenters. The second-order valence-corrected chi connectivity index (χ2v) is 6.23. The number of esters is 3. The van der Waals surface area contributed by atoms with Crippen molar-refractivity contribution in [3.8, 4) is 11.5 Å². The number of amides is 1. The molecular formula is C21H19NO9. The standard InChI is InChI=1S/C21H19NO9/c1-27-19(24)12-3-5-14(21(26)28-2)15(9-12)22-18(23)11-31-20(25)13-4-6-16-17(10-13)30-8-7-29-16/h3-6,9-10H,7-8,11H2,1-2H3,(H,22,23). The summed E-state index contributed by atoms with van der Waals surface area (Å²) in [7, 11) is 2.38. The molecule has 0 unspecified atom stereocenters. The summed E-state index contributed by atoms with van der Waals surface area (Å²) >= 11 is 0. The second kappa shape index (κ2) is 9.61. The molecule has 1 aliphatic rings. The SMILES string of the molecule is COC(=O)c1ccc(C(=O)OC)c(NC(=O)COC(=O)c2ccc3c(c2)OCCO3)c1. The molecule has 0 saturated carbocycles. The van der Waals surface area contributed by atoms with Crippen LogP contribution < -0.4 is 14.8 Å². The monoisotopic (exact) mass is 429 g/mol. The average Bonchev–Trinajstić information content (AvgIpc) is 2.81. The van der Waals surface area contributed by atoms with Gasteiger partial charge in [-0.3, -0.25) is 4.79 Å². The Labute approximate surface area is 177 Å². The molecule has 10 heteroatoms. The first-order valence-electron chi connectivity index (χ1n) is 9.10. The Bertz CT molecular complexity index is 1030. The molecule has 1 N–H and O–H groups in total. The van der Waals surface area contributed by atoms with E-state index in [2.05, 4.69) is 14.8 Å². The van der Waals surface area contributed by atoms with Gasteiger partial charge in [-0.15, -0.1) is 0 Å². The topological polar surface area (TPSA) is 126 Å². The van der Waals surface area contributed by atoms with Crippen molar-refractivity contribution < 1.29 is 42.9 Å². The summed E-state index contributed by atoms with van der Waals surface area (Å²) in [4.78, 5) is 48.2. The van der Waals surface area contributed by atoms with E-state index in [9.17, 15) is 19.2 Å². The molecule has 1 heterocycles. The van der Waals surface area contributed by atoms with Gasteiger partial charge >= 0.3 is 17.9 Å². The van der Waals surface area contributed by atoms with Crippen molar-refractivity contribution in [3.63, 3.8) is 0 Å². The molecule has 0 radical (unpaired) electrons. The quantitative estimate of drug-likeness (QED) is 0.540. The fourth-order valence-electron chi connectivity index (χ4n) is 2.75. The van der Waals surface area contributed by atoms with Crippen molar-refractivity contribution in [1.29, 1.82) is 0 Å². The predicted octanol–water partition coefficient (Wildman–Crippen LogP) is 1.83. The Morgan fingerprint density at radius 2 is 1.48 bits per heavy atom. The number of nitrogens with one attached hydrogen (secondary N) is 1. The molecule has 3 rings (SSSR count). The number of hydrogen-bond acceptors (Lipinski definition) is 9. The van der Waals surface area contributed by atoms with Gasteiger partial charge in [0, 0.05) is 0 Å². The zero-order valence-electron chi connectivity index (χ0n) is 16.8. The van der Waals surface area contributed by atoms with Crippen molar-refractivity contribution in [3.05, 3.63) is 53.1 Å². The third kappa shape index (κ3) is 5.10. The van der Waals surface area contributed by atoms with E-state index in [4.69, 9.17) is 14.2 Å². The van der Waals surface area contributed by atoms with Crippen LogP contribution in [0.3, 0.4) is 0 Å². The van der Waals surface area contributed by atoms with Crippen molar-refractivity contribution in [2.75, 3.05) is 39.4 Å². The first-order valence-corrected chi connectivity index (χ1v) is 9.10. The van der Waals surface area contributed by atoms with Gasteiger partial charge in [-0.2, -0.15) is 0 Å². The van der Waals surface area contributed by atoms with Gasteiger partial charge in [-0.05, 0) is 36.4 Å². The summed E-state index contributed by atoms with van der Waals surface area (Å²) < 4.78 is 25.1. The Kier molecular flexibility index (Phi) is 6.71. The van der Waals surface area contributed by atoms with Gasteiger partial charge in [0.15, 0.2) is 18.1 Å². The molecule has 31 heavy (non-hydrogen) atoms. The normalized spacial score (nSPS) is 11.8. The summed E-state index contributed by atoms with van der Waals surface area (Å²) in [5.41, 5.74) is 0.315. The van der Waals surface area contributed by atoms with Crippen LogP contribution in [-0.4, -0.2) is 57.9 Å². The lowest BCUT2D eigenvalue weighted by Gasteiger charge is -2.18. The van der Waals surface area contributed by atoms with Gasteiger partial charge < -0.3 is 29.0 Å². The summed E-state index contributed by atoms with van der Waals surface area (Å²) in [5, 5.41) is 2.43. The fourth-order valence-corrected chi connectivity index (χ4v) is 2.75. The van der Waals surface area contributed by atoms with E-state index in [1.807, 2.05) is 0 Å². The molecule has 0 bridgehead atoms. The van der Waals surface area contributed by atoms with Crippen LogP contribution in [-0.2, 0) is 19.0 Å². The highest BCUT2D eigenvalue weighted by molar-refractivity contribution is 6.04. The molecule has 1 amide bonds. The number of carbonyl (C=O) groups is 4. The lowest BCUT2D eigenvalue weighted by Crippen LogP contribution is -2.23. The van der Waals surface area contributed by atoms with Gasteiger partial charge in [0.05, 0.1) is 36.6 Å². The van der Waals surface area contributed by atoms with Crippen molar-refractivity contribution in [2.45, 2.75) is 0 Å². The molecule has 2 aromatic rings. The third-order valence-electron chi connectivity index (χ3n) is 4.23. The maximum Gasteiger partial charge on any atom is 0.339 e. The number of hydrogen-bond donors (Lipinski definition) is 1. The number of fused-ring (bicyclic) bond motifs is 1. The Morgan fingerprint density at radius 3 is 2.19 bits per heavy atom. The van der Waals surface area contributed by atoms with E-state index in [0.29, 0.717) is 24.7 Å². The number of anilines is 1. The molecule has 1 aliphatic heterocycles. The lowest BCUT2D eigenvalue weighted by atomic mass is 10.1. The first-order chi connectivity index (χ1) is 14.9. The van der Waals surface area contributed by atoms with Gasteiger partial charge in [0.1, 0.15) is 13.2 Å². The maximum absolute atomic E-state index is 12.3. The summed E-state index contributed by atoms with van der Waals surface area (Å²) in [6.45, 7) is 0.152. The zero-order valence-corrected chi connectivity index (χ0v) is 16.8. The van der Waals surface area contributed by atoms with E-state index < -0.39 is 30.4 Å². The van der Waals surface area contributed by atoms with Crippen LogP contribution in [0, 0.1) is 0 Å². The predicted molar refractivity (Wildman–Crippen MR) is 105 cm³/mol. The van der Waals surface area contributed by atoms with Crippen LogP contribution in [0.25, 0.3) is 0 Å². The molecule has 0 fully saturated rings. The van der Waals surface area contributed by atoms with E-state index >= 15 is 0 Å². The number of benzene rings is 2. The van der Waals surface area contributed by atoms with E-state index in [-0.39, 0.29) is 22.4 Å². The third-order valence-corrected chi connectivity index (χ3v) is 4.23. The minimum Gasteiger partial charge on any atom is -0.486 e. The van der Waals surface area contributed by atoms with Crippen LogP contribution in [0.2, 0.25) is 0 Å². The molecule has 2 aromatic carbocycles. The molecule has 0 spiro atoms. The minimum atomic E-state index is -0.747. The highest BCUT2D eigenvalue weighted by Crippen LogP contribution is 2.31. The average molecular weight is 429 g/mol. The Morgan fingerprint density at radius 1 is 0.839 bits per heavy atom. The first kappa shape index (κ1) is 21.6. The van der Waals surface area contributed by atoms with Gasteiger partial charge in [0.25, 0.3) is 5.91 Å². The molecule has 162 valence electrons. The van der Waals surface area contributed by atoms with Crippen LogP contribution >= 0.6 is 0 Å². The fraction of sp³-hybridized carbons (Fsp3) is 0.238. The largest absolute Gasteiger partial charge is 0.486 e. The van der Waals surface area contributed by atoms with Crippen molar-refractivity contribution in [1.82, 2.24) is 0 Å². The Hall–Kier alpha value is -4.08. The van der Waals surface area contributed by atoms with E-state index in [1.165, 1.54) is 44.6 Å². The minimum absolute atomic E-state index is 0.00938. The number of carbonyl (C=O) groups excluding carboxylic acids is 4. The highest BCUT2D eigenvalue weighted by Gasteiger charge is 2.19. The summed E-state index contributed by atoms with van der Waals surface area (Å²) in [6, 6.07) is 8.46. The van der Waals surface area contributed by atoms with Crippen molar-refractivity contribution >= 4 is 29.5 Å². The van der Waals surface area contributed by atoms with Crippen molar-refractivity contribution in [2.24, 2.45) is 0 Å². The smallest absolute Gasteiger partial charge is 0.339 e. The summed E-state index contributed by atoms with van der Waals surface area (Å²) in [5.74, 6) is -1.92. The van der Waals surface area contributed by atoms with Gasteiger partial charge in [-0.25, -0.2) is 14.4 Å². The Balaban J connectivity index is 1.68. The zero-order chi connectivity index (χ0) is 22.4.